The van der Waals surface area contributed by atoms with E-state index in [1.54, 1.807) is 25.2 Å². The SMILES string of the molecule is CNC(=O)[C@@]1(C)CCCC[C@H]1C(=O)N1CCc2c(Cl)cc(F)c(OCc3cn(C)nn3)c2[C@H]1CN1CC2(CC2)CC1=O. The van der Waals surface area contributed by atoms with Crippen LogP contribution < -0.4 is 10.1 Å². The number of fused-ring (bicyclic) bond motifs is 1. The number of amides is 3. The summed E-state index contributed by atoms with van der Waals surface area (Å²) in [5.74, 6) is -1.42. The fourth-order valence-electron chi connectivity index (χ4n) is 7.37. The number of ether oxygens (including phenoxy) is 1. The van der Waals surface area contributed by atoms with E-state index in [4.69, 9.17) is 16.3 Å². The van der Waals surface area contributed by atoms with Gasteiger partial charge in [-0.05, 0) is 56.1 Å². The number of carbonyl (C=O) groups excluding carboxylic acids is 3. The summed E-state index contributed by atoms with van der Waals surface area (Å²) in [5, 5.41) is 11.0. The second kappa shape index (κ2) is 10.8. The van der Waals surface area contributed by atoms with Crippen molar-refractivity contribution in [3.8, 4) is 5.75 Å². The predicted molar refractivity (Wildman–Crippen MR) is 152 cm³/mol. The van der Waals surface area contributed by atoms with Gasteiger partial charge in [0.15, 0.2) is 11.6 Å². The van der Waals surface area contributed by atoms with Gasteiger partial charge in [0.25, 0.3) is 0 Å². The molecule has 3 heterocycles. The summed E-state index contributed by atoms with van der Waals surface area (Å²) < 4.78 is 23.3. The highest BCUT2D eigenvalue weighted by molar-refractivity contribution is 6.31. The lowest BCUT2D eigenvalue weighted by Crippen LogP contribution is -2.54. The van der Waals surface area contributed by atoms with Crippen molar-refractivity contribution in [1.82, 2.24) is 30.1 Å². The van der Waals surface area contributed by atoms with Crippen molar-refractivity contribution in [3.63, 3.8) is 0 Å². The fraction of sp³-hybridized carbons (Fsp3) is 0.633. The van der Waals surface area contributed by atoms with E-state index in [1.807, 2.05) is 11.8 Å². The molecule has 226 valence electrons. The highest BCUT2D eigenvalue weighted by atomic mass is 35.5. The van der Waals surface area contributed by atoms with Crippen LogP contribution in [0.5, 0.6) is 5.75 Å². The molecule has 1 aromatic heterocycles. The van der Waals surface area contributed by atoms with Crippen LogP contribution in [0.4, 0.5) is 4.39 Å². The lowest BCUT2D eigenvalue weighted by molar-refractivity contribution is -0.153. The third-order valence-corrected chi connectivity index (χ3v) is 10.3. The fourth-order valence-corrected chi connectivity index (χ4v) is 7.66. The zero-order chi connectivity index (χ0) is 29.8. The highest BCUT2D eigenvalue weighted by Gasteiger charge is 2.54. The van der Waals surface area contributed by atoms with E-state index < -0.39 is 23.2 Å². The van der Waals surface area contributed by atoms with Gasteiger partial charge < -0.3 is 19.9 Å². The third-order valence-electron chi connectivity index (χ3n) is 9.95. The number of rotatable bonds is 7. The molecule has 1 N–H and O–H groups in total. The van der Waals surface area contributed by atoms with Gasteiger partial charge in [-0.25, -0.2) is 4.39 Å². The van der Waals surface area contributed by atoms with Gasteiger partial charge in [-0.3, -0.25) is 19.1 Å². The lowest BCUT2D eigenvalue weighted by atomic mass is 9.66. The summed E-state index contributed by atoms with van der Waals surface area (Å²) in [4.78, 5) is 44.4. The average molecular weight is 601 g/mol. The van der Waals surface area contributed by atoms with Gasteiger partial charge in [-0.15, -0.1) is 5.10 Å². The van der Waals surface area contributed by atoms with E-state index in [1.165, 1.54) is 10.7 Å². The number of nitrogens with zero attached hydrogens (tertiary/aromatic N) is 5. The maximum absolute atomic E-state index is 15.7. The van der Waals surface area contributed by atoms with Crippen molar-refractivity contribution < 1.29 is 23.5 Å². The highest BCUT2D eigenvalue weighted by Crippen LogP contribution is 2.54. The number of aryl methyl sites for hydroxylation is 1. The second-order valence-electron chi connectivity index (χ2n) is 12.8. The van der Waals surface area contributed by atoms with Crippen LogP contribution in [-0.2, 0) is 34.5 Å². The number of nitrogens with one attached hydrogen (secondary N) is 1. The van der Waals surface area contributed by atoms with Gasteiger partial charge in [-0.1, -0.05) is 29.7 Å². The molecule has 3 atom stereocenters. The number of aromatic nitrogens is 3. The number of hydrogen-bond acceptors (Lipinski definition) is 6. The number of hydrogen-bond donors (Lipinski definition) is 1. The molecule has 0 unspecified atom stereocenters. The number of likely N-dealkylation sites (tertiary alicyclic amines) is 1. The molecule has 6 rings (SSSR count). The first-order valence-corrected chi connectivity index (χ1v) is 15.2. The standard InChI is InChI=1S/C30H38ClFN6O4/c1-29(28(41)33-2)8-5-4-6-20(29)27(40)38-11-7-19-21(31)12-22(32)26(42-16-18-14-36(3)35-34-18)25(19)23(38)15-37-17-30(9-10-30)13-24(37)39/h12,14,20,23H,4-11,13,15-17H2,1-3H3,(H,33,41)/t20-,23+,29-/m0/s1. The Morgan fingerprint density at radius 3 is 2.71 bits per heavy atom. The molecule has 4 aliphatic rings. The Morgan fingerprint density at radius 1 is 1.26 bits per heavy atom. The van der Waals surface area contributed by atoms with Gasteiger partial charge in [-0.2, -0.15) is 0 Å². The summed E-state index contributed by atoms with van der Waals surface area (Å²) in [5.41, 5.74) is 0.892. The van der Waals surface area contributed by atoms with Crippen molar-refractivity contribution in [2.24, 2.45) is 23.8 Å². The van der Waals surface area contributed by atoms with Crippen LogP contribution in [0.25, 0.3) is 0 Å². The van der Waals surface area contributed by atoms with Crippen LogP contribution >= 0.6 is 11.6 Å². The Balaban J connectivity index is 1.40. The summed E-state index contributed by atoms with van der Waals surface area (Å²) in [6, 6.07) is 0.574. The monoisotopic (exact) mass is 600 g/mol. The largest absolute Gasteiger partial charge is 0.484 e. The quantitative estimate of drug-likeness (QED) is 0.520. The molecule has 3 amide bonds. The van der Waals surface area contributed by atoms with Gasteiger partial charge in [0, 0.05) is 50.7 Å². The van der Waals surface area contributed by atoms with Crippen molar-refractivity contribution in [2.45, 2.75) is 70.9 Å². The van der Waals surface area contributed by atoms with Crippen molar-refractivity contribution in [2.75, 3.05) is 26.7 Å². The van der Waals surface area contributed by atoms with E-state index in [0.717, 1.165) is 25.7 Å². The molecule has 1 saturated heterocycles. The van der Waals surface area contributed by atoms with E-state index >= 15 is 4.39 Å². The molecule has 1 aromatic carbocycles. The van der Waals surface area contributed by atoms with E-state index in [2.05, 4.69) is 15.6 Å². The van der Waals surface area contributed by atoms with Crippen LogP contribution in [0.15, 0.2) is 12.3 Å². The van der Waals surface area contributed by atoms with Crippen molar-refractivity contribution in [1.29, 1.82) is 0 Å². The lowest BCUT2D eigenvalue weighted by Gasteiger charge is -2.46. The summed E-state index contributed by atoms with van der Waals surface area (Å²) in [6.07, 6.45) is 7.52. The van der Waals surface area contributed by atoms with Crippen LogP contribution in [-0.4, -0.2) is 69.2 Å². The molecule has 0 bridgehead atoms. The molecule has 0 radical (unpaired) electrons. The van der Waals surface area contributed by atoms with Crippen LogP contribution in [0.2, 0.25) is 5.02 Å². The molecular formula is C30H38ClFN6O4. The first-order chi connectivity index (χ1) is 20.0. The van der Waals surface area contributed by atoms with Crippen molar-refractivity contribution in [3.05, 3.63) is 39.9 Å². The topological polar surface area (TPSA) is 110 Å². The number of carbonyl (C=O) groups is 3. The molecule has 12 heteroatoms. The molecule has 2 aliphatic carbocycles. The Hall–Kier alpha value is -3.21. The van der Waals surface area contributed by atoms with Crippen LogP contribution in [0.3, 0.4) is 0 Å². The molecule has 3 fully saturated rings. The Bertz CT molecular complexity index is 1430. The maximum atomic E-state index is 15.7. The molecule has 42 heavy (non-hydrogen) atoms. The molecule has 10 nitrogen and oxygen atoms in total. The first-order valence-electron chi connectivity index (χ1n) is 14.8. The van der Waals surface area contributed by atoms with Crippen LogP contribution in [0.1, 0.15) is 74.7 Å². The smallest absolute Gasteiger partial charge is 0.227 e. The minimum absolute atomic E-state index is 0.00745. The normalized spacial score (nSPS) is 26.4. The molecule has 2 saturated carbocycles. The van der Waals surface area contributed by atoms with E-state index in [0.29, 0.717) is 55.6 Å². The van der Waals surface area contributed by atoms with Gasteiger partial charge in [0.05, 0.1) is 23.6 Å². The first kappa shape index (κ1) is 28.9. The molecule has 1 spiro atoms. The minimum Gasteiger partial charge on any atom is -0.484 e. The third kappa shape index (κ3) is 5.03. The minimum atomic E-state index is -0.860. The number of halogens is 2. The Morgan fingerprint density at radius 2 is 2.05 bits per heavy atom. The second-order valence-corrected chi connectivity index (χ2v) is 13.2. The average Bonchev–Trinajstić information content (AvgIpc) is 3.46. The molecule has 2 aromatic rings. The molecular weight excluding hydrogens is 563 g/mol. The van der Waals surface area contributed by atoms with Gasteiger partial charge >= 0.3 is 0 Å². The van der Waals surface area contributed by atoms with Gasteiger partial charge in [0.1, 0.15) is 12.3 Å². The molecule has 2 aliphatic heterocycles. The summed E-state index contributed by atoms with van der Waals surface area (Å²) in [7, 11) is 3.33. The van der Waals surface area contributed by atoms with Crippen molar-refractivity contribution >= 4 is 29.3 Å². The van der Waals surface area contributed by atoms with E-state index in [-0.39, 0.29) is 47.1 Å². The van der Waals surface area contributed by atoms with Gasteiger partial charge in [0.2, 0.25) is 17.7 Å². The Labute approximate surface area is 249 Å². The number of benzene rings is 1. The predicted octanol–water partition coefficient (Wildman–Crippen LogP) is 3.57. The Kier molecular flexibility index (Phi) is 7.43. The summed E-state index contributed by atoms with van der Waals surface area (Å²) >= 11 is 6.63. The zero-order valence-corrected chi connectivity index (χ0v) is 25.2. The van der Waals surface area contributed by atoms with E-state index in [9.17, 15) is 14.4 Å². The summed E-state index contributed by atoms with van der Waals surface area (Å²) in [6.45, 7) is 3.02. The maximum Gasteiger partial charge on any atom is 0.227 e. The van der Waals surface area contributed by atoms with Crippen LogP contribution in [0, 0.1) is 22.6 Å². The zero-order valence-electron chi connectivity index (χ0n) is 24.4.